The van der Waals surface area contributed by atoms with E-state index in [1.54, 1.807) is 6.07 Å². The molecule has 21 heavy (non-hydrogen) atoms. The van der Waals surface area contributed by atoms with Gasteiger partial charge in [0.2, 0.25) is 0 Å². The Balaban J connectivity index is 2.18. The molecule has 0 heterocycles. The van der Waals surface area contributed by atoms with E-state index < -0.39 is 5.38 Å². The number of alkyl halides is 1. The average molecular weight is 364 g/mol. The third-order valence-corrected chi connectivity index (χ3v) is 4.77. The molecule has 0 N–H and O–H groups in total. The number of rotatable bonds is 2. The molecule has 0 bridgehead atoms. The highest BCUT2D eigenvalue weighted by Gasteiger charge is 2.18. The van der Waals surface area contributed by atoms with E-state index in [4.69, 9.17) is 11.6 Å². The second-order valence-electron chi connectivity index (χ2n) is 5.07. The Morgan fingerprint density at radius 1 is 0.952 bits per heavy atom. The lowest BCUT2D eigenvalue weighted by Gasteiger charge is -2.15. The minimum Gasteiger partial charge on any atom is -0.207 e. The minimum absolute atomic E-state index is 0.262. The Labute approximate surface area is 136 Å². The van der Waals surface area contributed by atoms with E-state index in [-0.39, 0.29) is 5.82 Å². The second kappa shape index (κ2) is 5.78. The highest BCUT2D eigenvalue weighted by molar-refractivity contribution is 9.10. The molecule has 106 valence electrons. The van der Waals surface area contributed by atoms with E-state index in [0.717, 1.165) is 26.4 Å². The fourth-order valence-electron chi connectivity index (χ4n) is 2.51. The molecule has 3 rings (SSSR count). The molecule has 1 atom stereocenters. The zero-order valence-corrected chi connectivity index (χ0v) is 13.7. The van der Waals surface area contributed by atoms with Crippen LogP contribution in [0.2, 0.25) is 0 Å². The van der Waals surface area contributed by atoms with Crippen LogP contribution in [0.1, 0.15) is 22.1 Å². The first-order valence-corrected chi connectivity index (χ1v) is 7.88. The maximum Gasteiger partial charge on any atom is 0.128 e. The van der Waals surface area contributed by atoms with E-state index in [9.17, 15) is 4.39 Å². The molecular weight excluding hydrogens is 351 g/mol. The number of hydrogen-bond acceptors (Lipinski definition) is 0. The molecule has 1 unspecified atom stereocenters. The molecule has 0 fully saturated rings. The Hall–Kier alpha value is -1.38. The van der Waals surface area contributed by atoms with Gasteiger partial charge < -0.3 is 0 Å². The van der Waals surface area contributed by atoms with Crippen LogP contribution in [0.15, 0.2) is 59.1 Å². The van der Waals surface area contributed by atoms with Gasteiger partial charge in [-0.05, 0) is 41.0 Å². The summed E-state index contributed by atoms with van der Waals surface area (Å²) in [6.07, 6.45) is 0. The molecule has 0 saturated heterocycles. The van der Waals surface area contributed by atoms with Crippen molar-refractivity contribution in [3.63, 3.8) is 0 Å². The zero-order valence-electron chi connectivity index (χ0n) is 11.4. The van der Waals surface area contributed by atoms with Crippen LogP contribution in [0, 0.1) is 12.7 Å². The van der Waals surface area contributed by atoms with Gasteiger partial charge in [0.25, 0.3) is 0 Å². The lowest BCUT2D eigenvalue weighted by molar-refractivity contribution is 0.611. The molecule has 0 saturated carbocycles. The summed E-state index contributed by atoms with van der Waals surface area (Å²) in [4.78, 5) is 0. The Morgan fingerprint density at radius 2 is 1.62 bits per heavy atom. The molecule has 3 heteroatoms. The normalized spacial score (nSPS) is 12.6. The summed E-state index contributed by atoms with van der Waals surface area (Å²) in [5, 5.41) is 1.60. The summed E-state index contributed by atoms with van der Waals surface area (Å²) in [6.45, 7) is 1.87. The number of halogens is 3. The van der Waals surface area contributed by atoms with Gasteiger partial charge in [-0.15, -0.1) is 11.6 Å². The molecule has 3 aromatic rings. The van der Waals surface area contributed by atoms with E-state index in [1.807, 2.05) is 49.4 Å². The first-order chi connectivity index (χ1) is 10.1. The SMILES string of the molecule is Cc1ccc(C(Cl)c2ccc(Br)c3ccccc23)c(F)c1. The molecular formula is C18H13BrClF. The van der Waals surface area contributed by atoms with Crippen molar-refractivity contribution in [2.45, 2.75) is 12.3 Å². The summed E-state index contributed by atoms with van der Waals surface area (Å²) in [5.74, 6) is -0.262. The van der Waals surface area contributed by atoms with Crippen molar-refractivity contribution in [2.24, 2.45) is 0 Å². The third-order valence-electron chi connectivity index (χ3n) is 3.61. The van der Waals surface area contributed by atoms with E-state index in [0.29, 0.717) is 5.56 Å². The summed E-state index contributed by atoms with van der Waals surface area (Å²) >= 11 is 10.1. The first-order valence-electron chi connectivity index (χ1n) is 6.65. The fraction of sp³-hybridized carbons (Fsp3) is 0.111. The van der Waals surface area contributed by atoms with E-state index >= 15 is 0 Å². The molecule has 0 aliphatic carbocycles. The Kier molecular flexibility index (Phi) is 4.01. The van der Waals surface area contributed by atoms with Crippen LogP contribution in [0.4, 0.5) is 4.39 Å². The van der Waals surface area contributed by atoms with Crippen LogP contribution in [0.3, 0.4) is 0 Å². The molecule has 0 amide bonds. The van der Waals surface area contributed by atoms with Gasteiger partial charge in [0.15, 0.2) is 0 Å². The van der Waals surface area contributed by atoms with Crippen LogP contribution in [-0.2, 0) is 0 Å². The summed E-state index contributed by atoms with van der Waals surface area (Å²) < 4.78 is 15.2. The van der Waals surface area contributed by atoms with Crippen molar-refractivity contribution in [1.82, 2.24) is 0 Å². The largest absolute Gasteiger partial charge is 0.207 e. The van der Waals surface area contributed by atoms with Gasteiger partial charge >= 0.3 is 0 Å². The molecule has 3 aromatic carbocycles. The van der Waals surface area contributed by atoms with Crippen LogP contribution in [0.5, 0.6) is 0 Å². The average Bonchev–Trinajstić information content (AvgIpc) is 2.47. The van der Waals surface area contributed by atoms with Gasteiger partial charge in [-0.25, -0.2) is 4.39 Å². The summed E-state index contributed by atoms with van der Waals surface area (Å²) in [5.41, 5.74) is 2.31. The van der Waals surface area contributed by atoms with Crippen LogP contribution in [0.25, 0.3) is 10.8 Å². The highest BCUT2D eigenvalue weighted by atomic mass is 79.9. The fourth-order valence-corrected chi connectivity index (χ4v) is 3.36. The monoisotopic (exact) mass is 362 g/mol. The van der Waals surface area contributed by atoms with Crippen molar-refractivity contribution >= 4 is 38.3 Å². The van der Waals surface area contributed by atoms with Crippen LogP contribution >= 0.6 is 27.5 Å². The maximum atomic E-state index is 14.2. The smallest absolute Gasteiger partial charge is 0.128 e. The number of hydrogen-bond donors (Lipinski definition) is 0. The minimum atomic E-state index is -0.511. The molecule has 0 aliphatic rings. The maximum absolute atomic E-state index is 14.2. The van der Waals surface area contributed by atoms with Crippen LogP contribution < -0.4 is 0 Å². The van der Waals surface area contributed by atoms with Crippen LogP contribution in [-0.4, -0.2) is 0 Å². The predicted octanol–water partition coefficient (Wildman–Crippen LogP) is 6.38. The second-order valence-corrected chi connectivity index (χ2v) is 6.36. The molecule has 0 nitrogen and oxygen atoms in total. The third kappa shape index (κ3) is 2.70. The van der Waals surface area contributed by atoms with Crippen molar-refractivity contribution in [3.05, 3.63) is 81.6 Å². The van der Waals surface area contributed by atoms with Gasteiger partial charge in [-0.2, -0.15) is 0 Å². The molecule has 0 radical (unpaired) electrons. The zero-order chi connectivity index (χ0) is 15.0. The molecule has 0 aliphatic heterocycles. The quantitative estimate of drug-likeness (QED) is 0.463. The van der Waals surface area contributed by atoms with E-state index in [2.05, 4.69) is 15.9 Å². The number of benzene rings is 3. The lowest BCUT2D eigenvalue weighted by Crippen LogP contribution is -1.98. The Bertz CT molecular complexity index is 813. The van der Waals surface area contributed by atoms with Gasteiger partial charge in [0, 0.05) is 10.0 Å². The van der Waals surface area contributed by atoms with Crippen molar-refractivity contribution < 1.29 is 4.39 Å². The number of fused-ring (bicyclic) bond motifs is 1. The summed E-state index contributed by atoms with van der Waals surface area (Å²) in [7, 11) is 0. The molecule has 0 spiro atoms. The van der Waals surface area contributed by atoms with Crippen molar-refractivity contribution in [2.75, 3.05) is 0 Å². The van der Waals surface area contributed by atoms with Gasteiger partial charge in [0.05, 0.1) is 5.38 Å². The Morgan fingerprint density at radius 3 is 2.33 bits per heavy atom. The van der Waals surface area contributed by atoms with Gasteiger partial charge in [0.1, 0.15) is 5.82 Å². The van der Waals surface area contributed by atoms with Crippen molar-refractivity contribution in [1.29, 1.82) is 0 Å². The predicted molar refractivity (Wildman–Crippen MR) is 90.5 cm³/mol. The van der Waals surface area contributed by atoms with Crippen molar-refractivity contribution in [3.8, 4) is 0 Å². The molecule has 0 aromatic heterocycles. The standard InChI is InChI=1S/C18H13BrClF/c1-11-6-7-15(17(21)10-11)18(20)14-8-9-16(19)13-5-3-2-4-12(13)14/h2-10,18H,1H3. The van der Waals surface area contributed by atoms with Gasteiger partial charge in [-0.1, -0.05) is 58.4 Å². The van der Waals surface area contributed by atoms with Gasteiger partial charge in [-0.3, -0.25) is 0 Å². The highest BCUT2D eigenvalue weighted by Crippen LogP contribution is 2.37. The lowest BCUT2D eigenvalue weighted by atomic mass is 9.97. The number of aryl methyl sites for hydroxylation is 1. The topological polar surface area (TPSA) is 0 Å². The van der Waals surface area contributed by atoms with E-state index in [1.165, 1.54) is 6.07 Å². The summed E-state index contributed by atoms with van der Waals surface area (Å²) in [6, 6.07) is 17.1. The first kappa shape index (κ1) is 14.6.